The van der Waals surface area contributed by atoms with Gasteiger partial charge in [-0.3, -0.25) is 4.79 Å². The van der Waals surface area contributed by atoms with Crippen molar-refractivity contribution in [2.45, 2.75) is 25.3 Å². The molecule has 5 nitrogen and oxygen atoms in total. The monoisotopic (exact) mass is 430 g/mol. The van der Waals surface area contributed by atoms with Crippen LogP contribution in [-0.2, 0) is 11.2 Å². The van der Waals surface area contributed by atoms with Gasteiger partial charge in [0.2, 0.25) is 5.91 Å². The number of halogens is 1. The van der Waals surface area contributed by atoms with Gasteiger partial charge in [-0.05, 0) is 46.3 Å². The fraction of sp³-hybridized carbons (Fsp3) is 0.381. The number of anilines is 1. The lowest BCUT2D eigenvalue weighted by molar-refractivity contribution is -0.130. The van der Waals surface area contributed by atoms with Crippen molar-refractivity contribution in [3.63, 3.8) is 0 Å². The van der Waals surface area contributed by atoms with Gasteiger partial charge in [-0.1, -0.05) is 24.3 Å². The van der Waals surface area contributed by atoms with E-state index in [0.717, 1.165) is 35.2 Å². The highest BCUT2D eigenvalue weighted by atomic mass is 79.9. The molecule has 1 N–H and O–H groups in total. The minimum atomic E-state index is 0.0680. The molecule has 0 aromatic heterocycles. The van der Waals surface area contributed by atoms with Crippen molar-refractivity contribution >= 4 is 27.5 Å². The van der Waals surface area contributed by atoms with Gasteiger partial charge in [0.15, 0.2) is 11.5 Å². The molecule has 0 bridgehead atoms. The predicted molar refractivity (Wildman–Crippen MR) is 109 cm³/mol. The molecule has 1 amide bonds. The summed E-state index contributed by atoms with van der Waals surface area (Å²) in [5.41, 5.74) is 3.46. The van der Waals surface area contributed by atoms with Crippen LogP contribution in [0.5, 0.6) is 11.5 Å². The third-order valence-corrected chi connectivity index (χ3v) is 5.92. The fourth-order valence-corrected chi connectivity index (χ4v) is 4.26. The SMILES string of the molecule is CN(C(=O)CNc1cc2c(cc1Br)OCCO2)[C@H]1CCCc2ccccc21. The summed E-state index contributed by atoms with van der Waals surface area (Å²) in [6.45, 7) is 1.32. The first kappa shape index (κ1) is 18.2. The highest BCUT2D eigenvalue weighted by molar-refractivity contribution is 9.10. The lowest BCUT2D eigenvalue weighted by atomic mass is 9.87. The van der Waals surface area contributed by atoms with Crippen molar-refractivity contribution in [3.8, 4) is 11.5 Å². The molecule has 0 saturated carbocycles. The molecule has 2 aliphatic rings. The average Bonchev–Trinajstić information content (AvgIpc) is 2.71. The van der Waals surface area contributed by atoms with Gasteiger partial charge in [-0.2, -0.15) is 0 Å². The molecule has 6 heteroatoms. The van der Waals surface area contributed by atoms with E-state index >= 15 is 0 Å². The van der Waals surface area contributed by atoms with Crippen LogP contribution in [-0.4, -0.2) is 37.6 Å². The van der Waals surface area contributed by atoms with Crippen molar-refractivity contribution in [3.05, 3.63) is 52.0 Å². The molecule has 2 aromatic rings. The first-order valence-corrected chi connectivity index (χ1v) is 10.1. The molecule has 1 aliphatic heterocycles. The smallest absolute Gasteiger partial charge is 0.242 e. The number of fused-ring (bicyclic) bond motifs is 2. The van der Waals surface area contributed by atoms with E-state index < -0.39 is 0 Å². The summed E-state index contributed by atoms with van der Waals surface area (Å²) >= 11 is 3.54. The van der Waals surface area contributed by atoms with Crippen molar-refractivity contribution in [2.75, 3.05) is 32.1 Å². The third kappa shape index (κ3) is 3.76. The number of nitrogens with zero attached hydrogens (tertiary/aromatic N) is 1. The number of ether oxygens (including phenoxy) is 2. The lowest BCUT2D eigenvalue weighted by Gasteiger charge is -2.33. The largest absolute Gasteiger partial charge is 0.486 e. The molecule has 0 unspecified atom stereocenters. The quantitative estimate of drug-likeness (QED) is 0.790. The first-order valence-electron chi connectivity index (χ1n) is 9.30. The molecule has 1 atom stereocenters. The van der Waals surface area contributed by atoms with Gasteiger partial charge in [0.05, 0.1) is 18.3 Å². The number of carbonyl (C=O) groups excluding carboxylic acids is 1. The maximum atomic E-state index is 12.8. The molecule has 0 spiro atoms. The highest BCUT2D eigenvalue weighted by Crippen LogP contribution is 2.38. The maximum absolute atomic E-state index is 12.8. The Labute approximate surface area is 167 Å². The van der Waals surface area contributed by atoms with Gasteiger partial charge in [-0.25, -0.2) is 0 Å². The van der Waals surface area contributed by atoms with E-state index in [1.54, 1.807) is 0 Å². The van der Waals surface area contributed by atoms with E-state index in [1.807, 2.05) is 24.1 Å². The molecule has 1 heterocycles. The number of hydrogen-bond acceptors (Lipinski definition) is 4. The van der Waals surface area contributed by atoms with Crippen LogP contribution in [0.3, 0.4) is 0 Å². The van der Waals surface area contributed by atoms with E-state index in [1.165, 1.54) is 11.1 Å². The van der Waals surface area contributed by atoms with Crippen molar-refractivity contribution in [1.82, 2.24) is 4.90 Å². The number of amides is 1. The second kappa shape index (κ2) is 7.80. The molecule has 4 rings (SSSR count). The first-order chi connectivity index (χ1) is 13.1. The Balaban J connectivity index is 1.44. The second-order valence-electron chi connectivity index (χ2n) is 6.94. The maximum Gasteiger partial charge on any atom is 0.242 e. The molecule has 0 radical (unpaired) electrons. The van der Waals surface area contributed by atoms with Gasteiger partial charge in [0.25, 0.3) is 0 Å². The Morgan fingerprint density at radius 1 is 1.22 bits per heavy atom. The average molecular weight is 431 g/mol. The van der Waals surface area contributed by atoms with E-state index in [4.69, 9.17) is 9.47 Å². The minimum absolute atomic E-state index is 0.0680. The zero-order valence-corrected chi connectivity index (χ0v) is 16.9. The number of hydrogen-bond donors (Lipinski definition) is 1. The lowest BCUT2D eigenvalue weighted by Crippen LogP contribution is -2.37. The Bertz CT molecular complexity index is 855. The number of benzene rings is 2. The molecule has 27 heavy (non-hydrogen) atoms. The zero-order valence-electron chi connectivity index (χ0n) is 15.3. The van der Waals surface area contributed by atoms with Crippen LogP contribution in [0.1, 0.15) is 30.0 Å². The van der Waals surface area contributed by atoms with Crippen LogP contribution in [0.2, 0.25) is 0 Å². The topological polar surface area (TPSA) is 50.8 Å². The summed E-state index contributed by atoms with van der Waals surface area (Å²) in [5.74, 6) is 1.49. The molecule has 0 fully saturated rings. The van der Waals surface area contributed by atoms with Crippen LogP contribution in [0, 0.1) is 0 Å². The van der Waals surface area contributed by atoms with Crippen LogP contribution in [0.15, 0.2) is 40.9 Å². The van der Waals surface area contributed by atoms with E-state index in [0.29, 0.717) is 19.0 Å². The summed E-state index contributed by atoms with van der Waals surface area (Å²) in [6, 6.07) is 12.3. The van der Waals surface area contributed by atoms with E-state index in [9.17, 15) is 4.79 Å². The molecule has 1 aliphatic carbocycles. The third-order valence-electron chi connectivity index (χ3n) is 5.26. The van der Waals surface area contributed by atoms with Crippen LogP contribution in [0.4, 0.5) is 5.69 Å². The van der Waals surface area contributed by atoms with Gasteiger partial charge >= 0.3 is 0 Å². The van der Waals surface area contributed by atoms with Crippen molar-refractivity contribution in [1.29, 1.82) is 0 Å². The summed E-state index contributed by atoms with van der Waals surface area (Å²) in [4.78, 5) is 14.7. The summed E-state index contributed by atoms with van der Waals surface area (Å²) in [6.07, 6.45) is 3.21. The van der Waals surface area contributed by atoms with Crippen LogP contribution < -0.4 is 14.8 Å². The second-order valence-corrected chi connectivity index (χ2v) is 7.80. The Kier molecular flexibility index (Phi) is 5.25. The minimum Gasteiger partial charge on any atom is -0.486 e. The summed E-state index contributed by atoms with van der Waals surface area (Å²) < 4.78 is 12.1. The van der Waals surface area contributed by atoms with Crippen molar-refractivity contribution < 1.29 is 14.3 Å². The number of carbonyl (C=O) groups is 1. The highest BCUT2D eigenvalue weighted by Gasteiger charge is 2.26. The van der Waals surface area contributed by atoms with Crippen LogP contribution >= 0.6 is 15.9 Å². The van der Waals surface area contributed by atoms with Gasteiger partial charge in [0.1, 0.15) is 13.2 Å². The van der Waals surface area contributed by atoms with Gasteiger partial charge in [0, 0.05) is 23.7 Å². The molecule has 2 aromatic carbocycles. The number of aryl methyl sites for hydroxylation is 1. The molecule has 142 valence electrons. The van der Waals surface area contributed by atoms with Gasteiger partial charge < -0.3 is 19.7 Å². The van der Waals surface area contributed by atoms with Crippen molar-refractivity contribution in [2.24, 2.45) is 0 Å². The Hall–Kier alpha value is -2.21. The molecule has 0 saturated heterocycles. The number of likely N-dealkylation sites (N-methyl/N-ethyl adjacent to an activating group) is 1. The standard InChI is InChI=1S/C21H23BrN2O3/c1-24(18-8-4-6-14-5-2-3-7-15(14)18)21(25)13-23-17-12-20-19(11-16(17)22)26-9-10-27-20/h2-3,5,7,11-12,18,23H,4,6,8-10,13H2,1H3/t18-/m0/s1. The zero-order chi connectivity index (χ0) is 18.8. The summed E-state index contributed by atoms with van der Waals surface area (Å²) in [7, 11) is 1.90. The summed E-state index contributed by atoms with van der Waals surface area (Å²) in [5, 5.41) is 3.23. The predicted octanol–water partition coefficient (Wildman–Crippen LogP) is 4.17. The number of rotatable bonds is 4. The molecular formula is C21H23BrN2O3. The number of nitrogens with one attached hydrogen (secondary N) is 1. The molecular weight excluding hydrogens is 408 g/mol. The Morgan fingerprint density at radius 2 is 1.96 bits per heavy atom. The van der Waals surface area contributed by atoms with E-state index in [-0.39, 0.29) is 18.5 Å². The van der Waals surface area contributed by atoms with E-state index in [2.05, 4.69) is 45.5 Å². The van der Waals surface area contributed by atoms with Crippen LogP contribution in [0.25, 0.3) is 0 Å². The van der Waals surface area contributed by atoms with Gasteiger partial charge in [-0.15, -0.1) is 0 Å². The fourth-order valence-electron chi connectivity index (χ4n) is 3.80. The Morgan fingerprint density at radius 3 is 2.78 bits per heavy atom. The normalized spacial score (nSPS) is 17.8.